The lowest BCUT2D eigenvalue weighted by Gasteiger charge is -2.26. The molecule has 3 rings (SSSR count). The Labute approximate surface area is 138 Å². The molecular weight excluding hydrogens is 302 g/mol. The lowest BCUT2D eigenvalue weighted by molar-refractivity contribution is 0.279. The molecule has 1 aliphatic rings. The van der Waals surface area contributed by atoms with Crippen LogP contribution in [0.25, 0.3) is 10.9 Å². The van der Waals surface area contributed by atoms with Crippen molar-refractivity contribution in [3.8, 4) is 0 Å². The number of hydrogen-bond donors (Lipinski definition) is 2. The summed E-state index contributed by atoms with van der Waals surface area (Å²) >= 11 is 9.22. The summed E-state index contributed by atoms with van der Waals surface area (Å²) in [4.78, 5) is 0. The third kappa shape index (κ3) is 4.38. The molecule has 0 amide bonds. The van der Waals surface area contributed by atoms with Crippen molar-refractivity contribution < 1.29 is 0 Å². The van der Waals surface area contributed by atoms with E-state index < -0.39 is 0 Å². The summed E-state index contributed by atoms with van der Waals surface area (Å²) in [6, 6.07) is 8.77. The number of hydrogen-bond acceptors (Lipinski definition) is 3. The Bertz CT molecular complexity index is 533. The summed E-state index contributed by atoms with van der Waals surface area (Å²) in [5.74, 6) is 0.864. The van der Waals surface area contributed by atoms with Crippen LogP contribution in [0.4, 0.5) is 0 Å². The topological polar surface area (TPSA) is 43.8 Å². The van der Waals surface area contributed by atoms with E-state index in [2.05, 4.69) is 46.8 Å². The van der Waals surface area contributed by atoms with Crippen LogP contribution >= 0.6 is 24.4 Å². The summed E-state index contributed by atoms with van der Waals surface area (Å²) in [6.45, 7) is 6.34. The minimum atomic E-state index is 0.531. The molecule has 21 heavy (non-hydrogen) atoms. The van der Waals surface area contributed by atoms with Gasteiger partial charge in [0.1, 0.15) is 0 Å². The molecule has 0 atom stereocenters. The number of fused-ring (bicyclic) bond motifs is 1. The third-order valence-electron chi connectivity index (χ3n) is 3.90. The smallest absolute Gasteiger partial charge is 0.158 e. The zero-order valence-corrected chi connectivity index (χ0v) is 14.7. The van der Waals surface area contributed by atoms with Crippen molar-refractivity contribution >= 4 is 35.3 Å². The Balaban J connectivity index is 0.000000510. The van der Waals surface area contributed by atoms with Crippen molar-refractivity contribution in [2.45, 2.75) is 52.5 Å². The molecule has 1 aromatic carbocycles. The van der Waals surface area contributed by atoms with Gasteiger partial charge < -0.3 is 0 Å². The second-order valence-corrected chi connectivity index (χ2v) is 5.52. The molecule has 118 valence electrons. The van der Waals surface area contributed by atoms with Crippen LogP contribution in [-0.4, -0.2) is 9.78 Å². The SMILES string of the molecule is CC.CC1CCC(n2nc(Cl)c3ccccc32)CC1.NS. The predicted molar refractivity (Wildman–Crippen MR) is 95.9 cm³/mol. The number of halogens is 1. The molecule has 5 heteroatoms. The highest BCUT2D eigenvalue weighted by Gasteiger charge is 2.22. The third-order valence-corrected chi connectivity index (χ3v) is 4.18. The molecule has 3 nitrogen and oxygen atoms in total. The highest BCUT2D eigenvalue weighted by atomic mass is 35.5. The highest BCUT2D eigenvalue weighted by Crippen LogP contribution is 2.34. The first-order valence-electron chi connectivity index (χ1n) is 7.64. The van der Waals surface area contributed by atoms with E-state index in [1.54, 1.807) is 0 Å². The van der Waals surface area contributed by atoms with Crippen LogP contribution in [-0.2, 0) is 0 Å². The Morgan fingerprint density at radius 1 is 1.14 bits per heavy atom. The fourth-order valence-electron chi connectivity index (χ4n) is 2.82. The minimum absolute atomic E-state index is 0.531. The molecular formula is C16H26ClN3S. The van der Waals surface area contributed by atoms with Crippen LogP contribution in [0.3, 0.4) is 0 Å². The minimum Gasteiger partial charge on any atom is -0.281 e. The van der Waals surface area contributed by atoms with E-state index in [9.17, 15) is 0 Å². The summed E-state index contributed by atoms with van der Waals surface area (Å²) in [7, 11) is 0. The molecule has 0 aliphatic heterocycles. The van der Waals surface area contributed by atoms with Gasteiger partial charge in [-0.25, -0.2) is 0 Å². The standard InChI is InChI=1S/C14H17ClN2.C2H6.H3NS/c1-10-6-8-11(9-7-10)17-13-5-3-2-4-12(13)14(15)16-17;2*1-2/h2-5,10-11H,6-9H2,1H3;1-2H3;2H,1H2. The lowest BCUT2D eigenvalue weighted by Crippen LogP contribution is -2.17. The van der Waals surface area contributed by atoms with Gasteiger partial charge in [0.2, 0.25) is 0 Å². The molecule has 0 unspecified atom stereocenters. The molecule has 0 radical (unpaired) electrons. The van der Waals surface area contributed by atoms with Gasteiger partial charge in [-0.05, 0) is 43.7 Å². The van der Waals surface area contributed by atoms with Gasteiger partial charge in [0, 0.05) is 5.39 Å². The zero-order chi connectivity index (χ0) is 15.8. The molecule has 0 saturated heterocycles. The molecule has 0 bridgehead atoms. The maximum Gasteiger partial charge on any atom is 0.158 e. The lowest BCUT2D eigenvalue weighted by atomic mass is 9.87. The second-order valence-electron chi connectivity index (χ2n) is 5.17. The molecule has 0 spiro atoms. The van der Waals surface area contributed by atoms with E-state index >= 15 is 0 Å². The molecule has 2 aromatic rings. The fourth-order valence-corrected chi connectivity index (χ4v) is 3.06. The van der Waals surface area contributed by atoms with E-state index in [1.165, 1.54) is 31.2 Å². The molecule has 1 aromatic heterocycles. The number of rotatable bonds is 1. The first kappa shape index (κ1) is 18.3. The number of aromatic nitrogens is 2. The normalized spacial score (nSPS) is 21.0. The summed E-state index contributed by atoms with van der Waals surface area (Å²) in [5, 5.41) is 10.4. The van der Waals surface area contributed by atoms with Gasteiger partial charge >= 0.3 is 0 Å². The summed E-state index contributed by atoms with van der Waals surface area (Å²) in [6.07, 6.45) is 5.05. The van der Waals surface area contributed by atoms with Crippen molar-refractivity contribution in [1.29, 1.82) is 0 Å². The van der Waals surface area contributed by atoms with Gasteiger partial charge in [0.05, 0.1) is 11.6 Å². The van der Waals surface area contributed by atoms with Gasteiger partial charge in [-0.1, -0.05) is 44.5 Å². The van der Waals surface area contributed by atoms with Crippen LogP contribution in [0.15, 0.2) is 24.3 Å². The van der Waals surface area contributed by atoms with E-state index in [1.807, 2.05) is 26.0 Å². The fraction of sp³-hybridized carbons (Fsp3) is 0.562. The zero-order valence-electron chi connectivity index (χ0n) is 13.1. The van der Waals surface area contributed by atoms with Crippen molar-refractivity contribution in [2.75, 3.05) is 0 Å². The number of nitrogens with two attached hydrogens (primary N) is 1. The molecule has 1 fully saturated rings. The van der Waals surface area contributed by atoms with Crippen LogP contribution < -0.4 is 5.14 Å². The molecule has 1 heterocycles. The molecule has 2 N–H and O–H groups in total. The Kier molecular flexibility index (Phi) is 8.15. The van der Waals surface area contributed by atoms with Gasteiger partial charge in [-0.2, -0.15) is 5.10 Å². The summed E-state index contributed by atoms with van der Waals surface area (Å²) in [5.41, 5.74) is 1.18. The number of para-hydroxylation sites is 1. The maximum atomic E-state index is 6.19. The van der Waals surface area contributed by atoms with E-state index in [-0.39, 0.29) is 0 Å². The predicted octanol–water partition coefficient (Wildman–Crippen LogP) is 5.26. The van der Waals surface area contributed by atoms with Gasteiger partial charge in [-0.3, -0.25) is 9.82 Å². The Morgan fingerprint density at radius 3 is 2.33 bits per heavy atom. The van der Waals surface area contributed by atoms with Crippen molar-refractivity contribution in [2.24, 2.45) is 11.1 Å². The monoisotopic (exact) mass is 327 g/mol. The average Bonchev–Trinajstić information content (AvgIpc) is 2.90. The Hall–Kier alpha value is -0.710. The van der Waals surface area contributed by atoms with Crippen molar-refractivity contribution in [3.05, 3.63) is 29.4 Å². The summed E-state index contributed by atoms with van der Waals surface area (Å²) < 4.78 is 2.14. The maximum absolute atomic E-state index is 6.19. The first-order valence-corrected chi connectivity index (χ1v) is 8.53. The van der Waals surface area contributed by atoms with Crippen LogP contribution in [0, 0.1) is 5.92 Å². The van der Waals surface area contributed by atoms with Crippen LogP contribution in [0.5, 0.6) is 0 Å². The quantitative estimate of drug-likeness (QED) is 0.702. The van der Waals surface area contributed by atoms with Crippen LogP contribution in [0.1, 0.15) is 52.5 Å². The average molecular weight is 328 g/mol. The van der Waals surface area contributed by atoms with E-state index in [4.69, 9.17) is 11.6 Å². The molecule has 1 saturated carbocycles. The van der Waals surface area contributed by atoms with Crippen molar-refractivity contribution in [1.82, 2.24) is 9.78 Å². The number of benzene rings is 1. The van der Waals surface area contributed by atoms with E-state index in [0.717, 1.165) is 11.3 Å². The van der Waals surface area contributed by atoms with Crippen LogP contribution in [0.2, 0.25) is 5.15 Å². The molecule has 1 aliphatic carbocycles. The first-order chi connectivity index (χ1) is 10.3. The van der Waals surface area contributed by atoms with Gasteiger partial charge in [0.15, 0.2) is 5.15 Å². The van der Waals surface area contributed by atoms with E-state index in [0.29, 0.717) is 11.2 Å². The number of nitrogens with zero attached hydrogens (tertiary/aromatic N) is 2. The van der Waals surface area contributed by atoms with Gasteiger partial charge in [0.25, 0.3) is 0 Å². The van der Waals surface area contributed by atoms with Gasteiger partial charge in [-0.15, -0.1) is 12.8 Å². The highest BCUT2D eigenvalue weighted by molar-refractivity contribution is 7.77. The largest absolute Gasteiger partial charge is 0.281 e. The Morgan fingerprint density at radius 2 is 1.71 bits per heavy atom. The van der Waals surface area contributed by atoms with Crippen molar-refractivity contribution in [3.63, 3.8) is 0 Å². The number of thiol groups is 1. The second kappa shape index (κ2) is 9.34.